The number of benzene rings is 1. The lowest BCUT2D eigenvalue weighted by molar-refractivity contribution is 0.167. The van der Waals surface area contributed by atoms with Crippen LogP contribution in [0.5, 0.6) is 0 Å². The van der Waals surface area contributed by atoms with Gasteiger partial charge in [-0.3, -0.25) is 4.99 Å². The van der Waals surface area contributed by atoms with Crippen molar-refractivity contribution in [1.82, 2.24) is 25.1 Å². The Morgan fingerprint density at radius 3 is 2.43 bits per heavy atom. The van der Waals surface area contributed by atoms with E-state index in [4.69, 9.17) is 0 Å². The number of halogens is 1. The summed E-state index contributed by atoms with van der Waals surface area (Å²) in [7, 11) is 1.84. The van der Waals surface area contributed by atoms with E-state index >= 15 is 0 Å². The second-order valence-corrected chi connectivity index (χ2v) is 7.53. The monoisotopic (exact) mass is 496 g/mol. The van der Waals surface area contributed by atoms with Gasteiger partial charge in [0, 0.05) is 57.7 Å². The van der Waals surface area contributed by atoms with Gasteiger partial charge in [0.1, 0.15) is 0 Å². The van der Waals surface area contributed by atoms with Crippen LogP contribution >= 0.6 is 24.0 Å². The molecule has 7 heteroatoms. The first-order chi connectivity index (χ1) is 13.1. The summed E-state index contributed by atoms with van der Waals surface area (Å²) in [6, 6.07) is 9.84. The van der Waals surface area contributed by atoms with Crippen LogP contribution in [0, 0.1) is 0 Å². The number of hydrogen-bond donors (Lipinski definition) is 2. The molecular weight excluding hydrogens is 463 g/mol. The van der Waals surface area contributed by atoms with E-state index in [1.807, 2.05) is 25.8 Å². The maximum absolute atomic E-state index is 4.39. The van der Waals surface area contributed by atoms with Gasteiger partial charge in [0.05, 0.1) is 6.33 Å². The molecule has 0 aliphatic carbocycles. The first-order valence-electron chi connectivity index (χ1n) is 9.89. The van der Waals surface area contributed by atoms with E-state index < -0.39 is 0 Å². The van der Waals surface area contributed by atoms with Gasteiger partial charge in [0.15, 0.2) is 5.96 Å². The number of nitrogens with one attached hydrogen (secondary N) is 2. The second-order valence-electron chi connectivity index (χ2n) is 7.53. The molecule has 0 amide bonds. The fraction of sp³-hybridized carbons (Fsp3) is 0.524. The first-order valence-corrected chi connectivity index (χ1v) is 9.89. The summed E-state index contributed by atoms with van der Waals surface area (Å²) in [5, 5.41) is 7.02. The van der Waals surface area contributed by atoms with E-state index in [0.717, 1.165) is 32.1 Å². The van der Waals surface area contributed by atoms with E-state index in [1.165, 1.54) is 24.0 Å². The number of aliphatic imine (C=N–C) groups is 1. The zero-order chi connectivity index (χ0) is 19.1. The number of hydrogen-bond acceptors (Lipinski definition) is 3. The summed E-state index contributed by atoms with van der Waals surface area (Å²) in [6.07, 6.45) is 7.97. The van der Waals surface area contributed by atoms with Crippen LogP contribution in [0.3, 0.4) is 0 Å². The summed E-state index contributed by atoms with van der Waals surface area (Å²) in [4.78, 5) is 11.0. The zero-order valence-electron chi connectivity index (χ0n) is 17.1. The van der Waals surface area contributed by atoms with E-state index in [-0.39, 0.29) is 24.0 Å². The molecule has 6 nitrogen and oxygen atoms in total. The van der Waals surface area contributed by atoms with Gasteiger partial charge in [-0.2, -0.15) is 0 Å². The van der Waals surface area contributed by atoms with Gasteiger partial charge < -0.3 is 20.1 Å². The highest BCUT2D eigenvalue weighted by Gasteiger charge is 2.21. The molecule has 1 aromatic heterocycles. The van der Waals surface area contributed by atoms with Crippen LogP contribution in [0.2, 0.25) is 0 Å². The van der Waals surface area contributed by atoms with Crippen molar-refractivity contribution in [1.29, 1.82) is 0 Å². The molecule has 1 aliphatic rings. The molecule has 28 heavy (non-hydrogen) atoms. The Hall–Kier alpha value is -1.61. The highest BCUT2D eigenvalue weighted by Crippen LogP contribution is 2.13. The number of piperidine rings is 1. The quantitative estimate of drug-likeness (QED) is 0.367. The molecule has 1 aromatic carbocycles. The average molecular weight is 496 g/mol. The van der Waals surface area contributed by atoms with Gasteiger partial charge in [0.25, 0.3) is 0 Å². The van der Waals surface area contributed by atoms with Crippen molar-refractivity contribution in [2.75, 3.05) is 20.1 Å². The summed E-state index contributed by atoms with van der Waals surface area (Å²) in [5.41, 5.74) is 2.53. The Bertz CT molecular complexity index is 703. The van der Waals surface area contributed by atoms with Gasteiger partial charge in [-0.1, -0.05) is 24.3 Å². The van der Waals surface area contributed by atoms with Crippen molar-refractivity contribution in [3.8, 4) is 0 Å². The first kappa shape index (κ1) is 22.7. The van der Waals surface area contributed by atoms with Gasteiger partial charge in [0.2, 0.25) is 0 Å². The van der Waals surface area contributed by atoms with Crippen LogP contribution in [0.4, 0.5) is 0 Å². The minimum atomic E-state index is 0. The van der Waals surface area contributed by atoms with Crippen LogP contribution in [0.1, 0.15) is 37.8 Å². The average Bonchev–Trinajstić information content (AvgIpc) is 3.19. The van der Waals surface area contributed by atoms with Crippen LogP contribution in [0.15, 0.2) is 48.0 Å². The topological polar surface area (TPSA) is 57.5 Å². The van der Waals surface area contributed by atoms with Gasteiger partial charge >= 0.3 is 0 Å². The largest absolute Gasteiger partial charge is 0.354 e. The lowest BCUT2D eigenvalue weighted by Crippen LogP contribution is -2.49. The van der Waals surface area contributed by atoms with E-state index in [0.29, 0.717) is 12.1 Å². The number of nitrogens with zero attached hydrogens (tertiary/aromatic N) is 4. The Morgan fingerprint density at radius 2 is 1.86 bits per heavy atom. The molecule has 2 heterocycles. The van der Waals surface area contributed by atoms with E-state index in [1.54, 1.807) is 0 Å². The highest BCUT2D eigenvalue weighted by molar-refractivity contribution is 14.0. The highest BCUT2D eigenvalue weighted by atomic mass is 127. The number of guanidine groups is 1. The van der Waals surface area contributed by atoms with Crippen LogP contribution in [-0.4, -0.2) is 52.6 Å². The molecule has 0 atom stereocenters. The zero-order valence-corrected chi connectivity index (χ0v) is 19.5. The smallest absolute Gasteiger partial charge is 0.191 e. The molecule has 1 saturated heterocycles. The maximum Gasteiger partial charge on any atom is 0.191 e. The number of rotatable bonds is 6. The van der Waals surface area contributed by atoms with E-state index in [9.17, 15) is 0 Å². The van der Waals surface area contributed by atoms with Crippen molar-refractivity contribution in [3.05, 3.63) is 54.1 Å². The molecule has 0 spiro atoms. The molecule has 0 saturated carbocycles. The predicted octanol–water partition coefficient (Wildman–Crippen LogP) is 3.09. The molecule has 154 valence electrons. The predicted molar refractivity (Wildman–Crippen MR) is 126 cm³/mol. The van der Waals surface area contributed by atoms with Gasteiger partial charge in [-0.05, 0) is 37.8 Å². The van der Waals surface area contributed by atoms with Crippen molar-refractivity contribution >= 4 is 29.9 Å². The Kier molecular flexibility index (Phi) is 9.24. The molecule has 0 radical (unpaired) electrons. The Labute approximate surface area is 185 Å². The van der Waals surface area contributed by atoms with Crippen molar-refractivity contribution in [2.24, 2.45) is 4.99 Å². The molecule has 0 bridgehead atoms. The minimum absolute atomic E-state index is 0. The van der Waals surface area contributed by atoms with Gasteiger partial charge in [-0.15, -0.1) is 24.0 Å². The SMILES string of the molecule is CN=C(NCc1ccc(Cn2ccnc2)cc1)NC1CCN(C(C)C)CC1.I. The second kappa shape index (κ2) is 11.4. The Balaban J connectivity index is 0.00000280. The fourth-order valence-corrected chi connectivity index (χ4v) is 3.49. The standard InChI is InChI=1S/C21H32N6.HI/c1-17(2)27-11-8-20(9-12-27)25-21(22-3)24-14-18-4-6-19(7-5-18)15-26-13-10-23-16-26;/h4-7,10,13,16-17,20H,8-9,11-12,14-15H2,1-3H3,(H2,22,24,25);1H. The number of imidazole rings is 1. The lowest BCUT2D eigenvalue weighted by Gasteiger charge is -2.35. The summed E-state index contributed by atoms with van der Waals surface area (Å²) in [6.45, 7) is 8.49. The molecule has 1 fully saturated rings. The van der Waals surface area contributed by atoms with Crippen molar-refractivity contribution in [3.63, 3.8) is 0 Å². The number of likely N-dealkylation sites (tertiary alicyclic amines) is 1. The molecule has 1 aliphatic heterocycles. The third-order valence-corrected chi connectivity index (χ3v) is 5.23. The minimum Gasteiger partial charge on any atom is -0.354 e. The van der Waals surface area contributed by atoms with Crippen molar-refractivity contribution in [2.45, 2.75) is 51.9 Å². The number of aromatic nitrogens is 2. The summed E-state index contributed by atoms with van der Waals surface area (Å²) in [5.74, 6) is 0.889. The summed E-state index contributed by atoms with van der Waals surface area (Å²) >= 11 is 0. The van der Waals surface area contributed by atoms with Crippen molar-refractivity contribution < 1.29 is 0 Å². The molecular formula is C21H33IN6. The van der Waals surface area contributed by atoms with Crippen LogP contribution in [0.25, 0.3) is 0 Å². The molecule has 3 rings (SSSR count). The molecule has 2 N–H and O–H groups in total. The lowest BCUT2D eigenvalue weighted by atomic mass is 10.0. The normalized spacial score (nSPS) is 16.1. The Morgan fingerprint density at radius 1 is 1.18 bits per heavy atom. The van der Waals surface area contributed by atoms with Gasteiger partial charge in [-0.25, -0.2) is 4.98 Å². The summed E-state index contributed by atoms with van der Waals surface area (Å²) < 4.78 is 2.07. The third-order valence-electron chi connectivity index (χ3n) is 5.23. The van der Waals surface area contributed by atoms with Crippen LogP contribution in [-0.2, 0) is 13.1 Å². The maximum atomic E-state index is 4.39. The molecule has 0 unspecified atom stereocenters. The van der Waals surface area contributed by atoms with Crippen LogP contribution < -0.4 is 10.6 Å². The molecule has 2 aromatic rings. The fourth-order valence-electron chi connectivity index (χ4n) is 3.49. The third kappa shape index (κ3) is 6.77. The van der Waals surface area contributed by atoms with E-state index in [2.05, 4.69) is 68.2 Å².